The highest BCUT2D eigenvalue weighted by Gasteiger charge is 2.20. The third-order valence-corrected chi connectivity index (χ3v) is 3.42. The number of hydrogen-bond acceptors (Lipinski definition) is 2. The molecule has 3 rings (SSSR count). The van der Waals surface area contributed by atoms with Gasteiger partial charge in [0.15, 0.2) is 0 Å². The van der Waals surface area contributed by atoms with E-state index in [2.05, 4.69) is 5.32 Å². The predicted octanol–water partition coefficient (Wildman–Crippen LogP) is 3.34. The van der Waals surface area contributed by atoms with Gasteiger partial charge in [-0.1, -0.05) is 35.9 Å². The molecule has 0 saturated heterocycles. The number of anilines is 1. The van der Waals surface area contributed by atoms with Crippen LogP contribution in [0.4, 0.5) is 5.69 Å². The van der Waals surface area contributed by atoms with Gasteiger partial charge in [0.1, 0.15) is 0 Å². The Hall–Kier alpha value is -1.25. The van der Waals surface area contributed by atoms with Gasteiger partial charge in [-0.3, -0.25) is 0 Å². The van der Waals surface area contributed by atoms with Crippen molar-refractivity contribution in [2.45, 2.75) is 12.5 Å². The minimum atomic E-state index is -0.404. The maximum absolute atomic E-state index is 9.95. The summed E-state index contributed by atoms with van der Waals surface area (Å²) in [6, 6.07) is 9.86. The van der Waals surface area contributed by atoms with Crippen molar-refractivity contribution >= 4 is 28.1 Å². The van der Waals surface area contributed by atoms with Gasteiger partial charge in [-0.2, -0.15) is 0 Å². The first kappa shape index (κ1) is 9.94. The first-order chi connectivity index (χ1) is 7.77. The van der Waals surface area contributed by atoms with Gasteiger partial charge in [0.2, 0.25) is 0 Å². The molecular formula is C13H12ClNO. The molecule has 0 aliphatic carbocycles. The third kappa shape index (κ3) is 1.38. The summed E-state index contributed by atoms with van der Waals surface area (Å²) >= 11 is 6.22. The lowest BCUT2D eigenvalue weighted by Crippen LogP contribution is -2.16. The van der Waals surface area contributed by atoms with E-state index in [0.29, 0.717) is 5.02 Å². The highest BCUT2D eigenvalue weighted by Crippen LogP contribution is 2.39. The number of fused-ring (bicyclic) bond motifs is 3. The van der Waals surface area contributed by atoms with E-state index >= 15 is 0 Å². The Morgan fingerprint density at radius 1 is 1.25 bits per heavy atom. The zero-order valence-corrected chi connectivity index (χ0v) is 9.46. The zero-order valence-electron chi connectivity index (χ0n) is 8.70. The van der Waals surface area contributed by atoms with Crippen LogP contribution in [0.1, 0.15) is 18.1 Å². The van der Waals surface area contributed by atoms with Crippen molar-refractivity contribution in [3.8, 4) is 0 Å². The molecule has 0 bridgehead atoms. The van der Waals surface area contributed by atoms with Crippen molar-refractivity contribution in [1.82, 2.24) is 0 Å². The molecule has 0 spiro atoms. The fourth-order valence-electron chi connectivity index (χ4n) is 2.30. The number of aliphatic hydroxyl groups excluding tert-OH is 1. The van der Waals surface area contributed by atoms with Crippen LogP contribution in [0.15, 0.2) is 30.3 Å². The highest BCUT2D eigenvalue weighted by molar-refractivity contribution is 6.36. The molecule has 1 atom stereocenters. The highest BCUT2D eigenvalue weighted by atomic mass is 35.5. The normalized spacial score (nSPS) is 19.2. The van der Waals surface area contributed by atoms with Crippen LogP contribution < -0.4 is 5.32 Å². The molecule has 3 heteroatoms. The van der Waals surface area contributed by atoms with Crippen LogP contribution in [0.2, 0.25) is 5.02 Å². The van der Waals surface area contributed by atoms with E-state index in [4.69, 9.17) is 11.6 Å². The van der Waals surface area contributed by atoms with Crippen molar-refractivity contribution in [3.63, 3.8) is 0 Å². The molecule has 0 fully saturated rings. The number of aliphatic hydroxyl groups is 1. The van der Waals surface area contributed by atoms with E-state index in [1.807, 2.05) is 30.3 Å². The predicted molar refractivity (Wildman–Crippen MR) is 67.0 cm³/mol. The Bertz CT molecular complexity index is 553. The minimum absolute atomic E-state index is 0.404. The monoisotopic (exact) mass is 233 g/mol. The van der Waals surface area contributed by atoms with E-state index in [9.17, 15) is 5.11 Å². The lowest BCUT2D eigenvalue weighted by molar-refractivity contribution is 0.169. The topological polar surface area (TPSA) is 32.3 Å². The summed E-state index contributed by atoms with van der Waals surface area (Å²) < 4.78 is 0. The van der Waals surface area contributed by atoms with Gasteiger partial charge in [0.05, 0.1) is 6.10 Å². The average molecular weight is 234 g/mol. The van der Waals surface area contributed by atoms with Crippen LogP contribution in [-0.2, 0) is 0 Å². The molecule has 2 N–H and O–H groups in total. The second-order valence-electron chi connectivity index (χ2n) is 4.10. The van der Waals surface area contributed by atoms with Gasteiger partial charge >= 0.3 is 0 Å². The van der Waals surface area contributed by atoms with Gasteiger partial charge in [-0.25, -0.2) is 0 Å². The molecule has 0 amide bonds. The summed E-state index contributed by atoms with van der Waals surface area (Å²) in [4.78, 5) is 0. The molecule has 1 aliphatic heterocycles. The van der Waals surface area contributed by atoms with Crippen LogP contribution >= 0.6 is 11.6 Å². The Morgan fingerprint density at radius 3 is 2.81 bits per heavy atom. The molecule has 0 aromatic heterocycles. The quantitative estimate of drug-likeness (QED) is 0.732. The second-order valence-corrected chi connectivity index (χ2v) is 4.51. The molecular weight excluding hydrogens is 222 g/mol. The van der Waals surface area contributed by atoms with E-state index < -0.39 is 6.10 Å². The van der Waals surface area contributed by atoms with Gasteiger partial charge in [0, 0.05) is 33.6 Å². The van der Waals surface area contributed by atoms with E-state index in [1.165, 1.54) is 0 Å². The standard InChI is InChI=1S/C13H12ClNO/c14-11-7-10-12(16)5-6-15-13(10)9-4-2-1-3-8(9)11/h1-4,7,12,15-16H,5-6H2. The molecule has 16 heavy (non-hydrogen) atoms. The van der Waals surface area contributed by atoms with E-state index in [1.54, 1.807) is 0 Å². The first-order valence-corrected chi connectivity index (χ1v) is 5.78. The molecule has 2 aromatic carbocycles. The minimum Gasteiger partial charge on any atom is -0.388 e. The maximum atomic E-state index is 9.95. The van der Waals surface area contributed by atoms with Crippen molar-refractivity contribution in [3.05, 3.63) is 40.9 Å². The first-order valence-electron chi connectivity index (χ1n) is 5.40. The number of nitrogens with one attached hydrogen (secondary N) is 1. The van der Waals surface area contributed by atoms with Gasteiger partial charge in [-0.05, 0) is 12.5 Å². The Labute approximate surface area is 98.8 Å². The van der Waals surface area contributed by atoms with Crippen LogP contribution in [0.3, 0.4) is 0 Å². The smallest absolute Gasteiger partial charge is 0.0827 e. The average Bonchev–Trinajstić information content (AvgIpc) is 2.31. The van der Waals surface area contributed by atoms with Crippen molar-refractivity contribution in [1.29, 1.82) is 0 Å². The summed E-state index contributed by atoms with van der Waals surface area (Å²) in [5, 5.41) is 16.1. The second kappa shape index (κ2) is 3.65. The molecule has 2 nitrogen and oxygen atoms in total. The SMILES string of the molecule is OC1CCNc2c1cc(Cl)c1ccccc21. The molecule has 1 unspecified atom stereocenters. The van der Waals surface area contributed by atoms with Crippen LogP contribution in [0, 0.1) is 0 Å². The number of hydrogen-bond donors (Lipinski definition) is 2. The fourth-order valence-corrected chi connectivity index (χ4v) is 2.58. The van der Waals surface area contributed by atoms with Crippen molar-refractivity contribution in [2.24, 2.45) is 0 Å². The zero-order chi connectivity index (χ0) is 11.1. The summed E-state index contributed by atoms with van der Waals surface area (Å²) in [5.74, 6) is 0. The lowest BCUT2D eigenvalue weighted by atomic mass is 9.96. The molecule has 82 valence electrons. The summed E-state index contributed by atoms with van der Waals surface area (Å²) in [6.07, 6.45) is 0.333. The van der Waals surface area contributed by atoms with E-state index in [0.717, 1.165) is 35.0 Å². The summed E-state index contributed by atoms with van der Waals surface area (Å²) in [6.45, 7) is 0.805. The van der Waals surface area contributed by atoms with Crippen molar-refractivity contribution < 1.29 is 5.11 Å². The van der Waals surface area contributed by atoms with Crippen LogP contribution in [0.5, 0.6) is 0 Å². The largest absolute Gasteiger partial charge is 0.388 e. The molecule has 1 aliphatic rings. The number of benzene rings is 2. The van der Waals surface area contributed by atoms with Crippen molar-refractivity contribution in [2.75, 3.05) is 11.9 Å². The van der Waals surface area contributed by atoms with Crippen LogP contribution in [-0.4, -0.2) is 11.7 Å². The maximum Gasteiger partial charge on any atom is 0.0827 e. The molecule has 0 saturated carbocycles. The van der Waals surface area contributed by atoms with Gasteiger partial charge in [-0.15, -0.1) is 0 Å². The van der Waals surface area contributed by atoms with Crippen LogP contribution in [0.25, 0.3) is 10.8 Å². The van der Waals surface area contributed by atoms with E-state index in [-0.39, 0.29) is 0 Å². The molecule has 2 aromatic rings. The fraction of sp³-hybridized carbons (Fsp3) is 0.231. The van der Waals surface area contributed by atoms with Gasteiger partial charge in [0.25, 0.3) is 0 Å². The number of rotatable bonds is 0. The van der Waals surface area contributed by atoms with Gasteiger partial charge < -0.3 is 10.4 Å². The molecule has 1 heterocycles. The Kier molecular flexibility index (Phi) is 2.27. The summed E-state index contributed by atoms with van der Waals surface area (Å²) in [5.41, 5.74) is 1.94. The Morgan fingerprint density at radius 2 is 2.00 bits per heavy atom. The Balaban J connectivity index is 2.38. The number of halogens is 1. The molecule has 0 radical (unpaired) electrons. The third-order valence-electron chi connectivity index (χ3n) is 3.10. The lowest BCUT2D eigenvalue weighted by Gasteiger charge is -2.25. The summed E-state index contributed by atoms with van der Waals surface area (Å²) in [7, 11) is 0.